The minimum absolute atomic E-state index is 0.108. The van der Waals surface area contributed by atoms with Crippen molar-refractivity contribution in [3.8, 4) is 5.75 Å². The molecule has 0 unspecified atom stereocenters. The zero-order valence-corrected chi connectivity index (χ0v) is 16.5. The molecule has 0 saturated carbocycles. The van der Waals surface area contributed by atoms with Gasteiger partial charge in [-0.15, -0.1) is 0 Å². The van der Waals surface area contributed by atoms with Gasteiger partial charge in [0.15, 0.2) is 6.61 Å². The minimum atomic E-state index is -0.521. The Morgan fingerprint density at radius 2 is 1.79 bits per heavy atom. The topological polar surface area (TPSA) is 84.7 Å². The van der Waals surface area contributed by atoms with Crippen molar-refractivity contribution in [2.45, 2.75) is 33.1 Å². The Morgan fingerprint density at radius 1 is 1.04 bits per heavy atom. The van der Waals surface area contributed by atoms with Crippen LogP contribution >= 0.6 is 0 Å². The number of primary amides is 1. The fraction of sp³-hybridized carbons (Fsp3) is 0.364. The van der Waals surface area contributed by atoms with Crippen molar-refractivity contribution in [1.82, 2.24) is 0 Å². The molecule has 6 nitrogen and oxygen atoms in total. The lowest BCUT2D eigenvalue weighted by Crippen LogP contribution is -2.31. The number of nitrogens with zero attached hydrogens (tertiary/aromatic N) is 1. The van der Waals surface area contributed by atoms with Crippen LogP contribution in [0.2, 0.25) is 0 Å². The number of carbonyl (C=O) groups is 2. The maximum atomic E-state index is 12.5. The fourth-order valence-electron chi connectivity index (χ4n) is 3.34. The van der Waals surface area contributed by atoms with Crippen LogP contribution < -0.4 is 20.7 Å². The van der Waals surface area contributed by atoms with E-state index in [1.807, 2.05) is 38.1 Å². The Hall–Kier alpha value is -3.02. The van der Waals surface area contributed by atoms with E-state index in [9.17, 15) is 9.59 Å². The van der Waals surface area contributed by atoms with Crippen molar-refractivity contribution in [2.24, 2.45) is 5.73 Å². The van der Waals surface area contributed by atoms with E-state index >= 15 is 0 Å². The number of carbonyl (C=O) groups excluding carboxylic acids is 2. The van der Waals surface area contributed by atoms with Gasteiger partial charge in [0.1, 0.15) is 5.75 Å². The summed E-state index contributed by atoms with van der Waals surface area (Å²) in [5.74, 6) is -0.148. The summed E-state index contributed by atoms with van der Waals surface area (Å²) in [5, 5.41) is 2.89. The molecule has 0 atom stereocenters. The van der Waals surface area contributed by atoms with Crippen molar-refractivity contribution >= 4 is 23.2 Å². The number of piperidine rings is 1. The van der Waals surface area contributed by atoms with E-state index in [0.29, 0.717) is 17.0 Å². The molecule has 1 saturated heterocycles. The number of hydrogen-bond donors (Lipinski definition) is 2. The lowest BCUT2D eigenvalue weighted by molar-refractivity contribution is -0.118. The summed E-state index contributed by atoms with van der Waals surface area (Å²) in [6.45, 7) is 5.78. The van der Waals surface area contributed by atoms with Crippen LogP contribution in [0, 0.1) is 13.8 Å². The highest BCUT2D eigenvalue weighted by Crippen LogP contribution is 2.29. The van der Waals surface area contributed by atoms with Gasteiger partial charge in [-0.2, -0.15) is 0 Å². The van der Waals surface area contributed by atoms with Crippen LogP contribution in [0.4, 0.5) is 11.4 Å². The van der Waals surface area contributed by atoms with Crippen molar-refractivity contribution in [3.05, 3.63) is 53.1 Å². The van der Waals surface area contributed by atoms with Gasteiger partial charge in [0.2, 0.25) is 5.91 Å². The molecule has 1 aliphatic rings. The quantitative estimate of drug-likeness (QED) is 0.803. The van der Waals surface area contributed by atoms with Crippen LogP contribution in [-0.2, 0) is 4.79 Å². The van der Waals surface area contributed by atoms with Crippen molar-refractivity contribution < 1.29 is 14.3 Å². The lowest BCUT2D eigenvalue weighted by atomic mass is 10.1. The number of nitrogens with one attached hydrogen (secondary N) is 1. The van der Waals surface area contributed by atoms with Crippen LogP contribution in [-0.4, -0.2) is 31.5 Å². The van der Waals surface area contributed by atoms with Crippen LogP contribution in [0.15, 0.2) is 36.4 Å². The van der Waals surface area contributed by atoms with E-state index in [1.54, 1.807) is 12.1 Å². The highest BCUT2D eigenvalue weighted by Gasteiger charge is 2.17. The molecule has 0 spiro atoms. The molecular weight excluding hydrogens is 354 g/mol. The number of benzene rings is 2. The monoisotopic (exact) mass is 381 g/mol. The second-order valence-electron chi connectivity index (χ2n) is 7.23. The summed E-state index contributed by atoms with van der Waals surface area (Å²) in [4.78, 5) is 26.3. The molecule has 148 valence electrons. The summed E-state index contributed by atoms with van der Waals surface area (Å²) >= 11 is 0. The highest BCUT2D eigenvalue weighted by molar-refractivity contribution is 5.99. The molecule has 2 amide bonds. The number of nitrogens with two attached hydrogens (primary N) is 1. The Labute approximate surface area is 165 Å². The Balaban J connectivity index is 1.73. The molecule has 3 rings (SSSR count). The first-order valence-electron chi connectivity index (χ1n) is 9.63. The van der Waals surface area contributed by atoms with Gasteiger partial charge in [-0.3, -0.25) is 9.59 Å². The Kier molecular flexibility index (Phi) is 6.19. The standard InChI is InChI=1S/C22H27N3O3/c1-15-6-8-18(12-16(15)2)28-14-21(26)24-19-13-17(22(23)27)7-9-20(19)25-10-4-3-5-11-25/h6-9,12-13H,3-5,10-11,14H2,1-2H3,(H2,23,27)(H,24,26). The van der Waals surface area contributed by atoms with Gasteiger partial charge >= 0.3 is 0 Å². The largest absolute Gasteiger partial charge is 0.484 e. The third-order valence-corrected chi connectivity index (χ3v) is 5.10. The van der Waals surface area contributed by atoms with Crippen LogP contribution in [0.1, 0.15) is 40.7 Å². The van der Waals surface area contributed by atoms with E-state index in [2.05, 4.69) is 10.2 Å². The second kappa shape index (κ2) is 8.78. The average Bonchev–Trinajstić information content (AvgIpc) is 2.69. The van der Waals surface area contributed by atoms with Crippen LogP contribution in [0.3, 0.4) is 0 Å². The molecule has 6 heteroatoms. The molecule has 2 aromatic carbocycles. The minimum Gasteiger partial charge on any atom is -0.484 e. The van der Waals surface area contributed by atoms with Crippen molar-refractivity contribution in [3.63, 3.8) is 0 Å². The van der Waals surface area contributed by atoms with Crippen LogP contribution in [0.25, 0.3) is 0 Å². The number of amides is 2. The van der Waals surface area contributed by atoms with Gasteiger partial charge < -0.3 is 20.7 Å². The van der Waals surface area contributed by atoms with Crippen LogP contribution in [0.5, 0.6) is 5.75 Å². The average molecular weight is 381 g/mol. The van der Waals surface area contributed by atoms with Gasteiger partial charge in [0.05, 0.1) is 11.4 Å². The summed E-state index contributed by atoms with van der Waals surface area (Å²) in [7, 11) is 0. The van der Waals surface area contributed by atoms with Crippen molar-refractivity contribution in [1.29, 1.82) is 0 Å². The molecule has 0 radical (unpaired) electrons. The predicted octanol–water partition coefficient (Wildman–Crippen LogP) is 3.41. The molecular formula is C22H27N3O3. The molecule has 1 heterocycles. The van der Waals surface area contributed by atoms with E-state index in [1.165, 1.54) is 12.0 Å². The van der Waals surface area contributed by atoms with E-state index in [4.69, 9.17) is 10.5 Å². The third kappa shape index (κ3) is 4.82. The molecule has 2 aromatic rings. The second-order valence-corrected chi connectivity index (χ2v) is 7.23. The predicted molar refractivity (Wildman–Crippen MR) is 111 cm³/mol. The smallest absolute Gasteiger partial charge is 0.262 e. The summed E-state index contributed by atoms with van der Waals surface area (Å²) < 4.78 is 5.62. The van der Waals surface area contributed by atoms with Crippen molar-refractivity contribution in [2.75, 3.05) is 29.9 Å². The van der Waals surface area contributed by atoms with Gasteiger partial charge in [0.25, 0.3) is 5.91 Å². The molecule has 1 fully saturated rings. The zero-order valence-electron chi connectivity index (χ0n) is 16.5. The molecule has 0 bridgehead atoms. The van der Waals surface area contributed by atoms with Gasteiger partial charge in [-0.25, -0.2) is 0 Å². The van der Waals surface area contributed by atoms with Gasteiger partial charge in [-0.1, -0.05) is 6.07 Å². The molecule has 0 aromatic heterocycles. The first-order valence-corrected chi connectivity index (χ1v) is 9.63. The number of rotatable bonds is 6. The molecule has 0 aliphatic carbocycles. The molecule has 3 N–H and O–H groups in total. The fourth-order valence-corrected chi connectivity index (χ4v) is 3.34. The first kappa shape index (κ1) is 19.7. The SMILES string of the molecule is Cc1ccc(OCC(=O)Nc2cc(C(N)=O)ccc2N2CCCCC2)cc1C. The third-order valence-electron chi connectivity index (χ3n) is 5.10. The van der Waals surface area contributed by atoms with E-state index < -0.39 is 5.91 Å². The summed E-state index contributed by atoms with van der Waals surface area (Å²) in [6, 6.07) is 10.9. The Bertz CT molecular complexity index is 873. The highest BCUT2D eigenvalue weighted by atomic mass is 16.5. The maximum absolute atomic E-state index is 12.5. The number of ether oxygens (including phenoxy) is 1. The maximum Gasteiger partial charge on any atom is 0.262 e. The number of anilines is 2. The Morgan fingerprint density at radius 3 is 2.46 bits per heavy atom. The summed E-state index contributed by atoms with van der Waals surface area (Å²) in [6.07, 6.45) is 3.43. The van der Waals surface area contributed by atoms with Gasteiger partial charge in [-0.05, 0) is 74.6 Å². The number of aryl methyl sites for hydroxylation is 2. The lowest BCUT2D eigenvalue weighted by Gasteiger charge is -2.30. The zero-order chi connectivity index (χ0) is 20.1. The van der Waals surface area contributed by atoms with E-state index in [-0.39, 0.29) is 12.5 Å². The molecule has 1 aliphatic heterocycles. The normalized spacial score (nSPS) is 13.9. The first-order chi connectivity index (χ1) is 13.4. The molecule has 28 heavy (non-hydrogen) atoms. The van der Waals surface area contributed by atoms with E-state index in [0.717, 1.165) is 37.2 Å². The van der Waals surface area contributed by atoms with Gasteiger partial charge in [0, 0.05) is 18.7 Å². The summed E-state index contributed by atoms with van der Waals surface area (Å²) in [5.41, 5.74) is 9.56. The number of hydrogen-bond acceptors (Lipinski definition) is 4.